The van der Waals surface area contributed by atoms with Crippen molar-refractivity contribution in [1.82, 2.24) is 4.90 Å². The SMILES string of the molecule is Cc1ccc(NS(=O)(=O)c2cc(CN3C(=O)[C@H]4CCCC[C@@H]4C3=O)ccc2C)cc1Cl. The van der Waals surface area contributed by atoms with Crippen molar-refractivity contribution in [2.75, 3.05) is 4.72 Å². The summed E-state index contributed by atoms with van der Waals surface area (Å²) >= 11 is 6.12. The molecular formula is C23H25ClN2O4S. The lowest BCUT2D eigenvalue weighted by atomic mass is 9.81. The van der Waals surface area contributed by atoms with Crippen LogP contribution >= 0.6 is 11.6 Å². The molecule has 1 heterocycles. The Morgan fingerprint density at radius 2 is 1.58 bits per heavy atom. The quantitative estimate of drug-likeness (QED) is 0.669. The van der Waals surface area contributed by atoms with E-state index in [9.17, 15) is 18.0 Å². The van der Waals surface area contributed by atoms with Crippen molar-refractivity contribution in [3.05, 3.63) is 58.1 Å². The van der Waals surface area contributed by atoms with Crippen LogP contribution in [0.25, 0.3) is 0 Å². The molecular weight excluding hydrogens is 436 g/mol. The molecule has 8 heteroatoms. The molecule has 0 spiro atoms. The van der Waals surface area contributed by atoms with E-state index in [0.717, 1.165) is 31.2 Å². The van der Waals surface area contributed by atoms with Gasteiger partial charge < -0.3 is 0 Å². The Labute approximate surface area is 187 Å². The predicted molar refractivity (Wildman–Crippen MR) is 119 cm³/mol. The van der Waals surface area contributed by atoms with Crippen LogP contribution in [0.4, 0.5) is 5.69 Å². The van der Waals surface area contributed by atoms with Gasteiger partial charge in [-0.25, -0.2) is 8.42 Å². The lowest BCUT2D eigenvalue weighted by Gasteiger charge is -2.19. The Morgan fingerprint density at radius 3 is 2.19 bits per heavy atom. The van der Waals surface area contributed by atoms with E-state index < -0.39 is 10.0 Å². The molecule has 6 nitrogen and oxygen atoms in total. The highest BCUT2D eigenvalue weighted by Crippen LogP contribution is 2.38. The number of likely N-dealkylation sites (tertiary alicyclic amines) is 1. The number of hydrogen-bond acceptors (Lipinski definition) is 4. The standard InChI is InChI=1S/C23H25ClN2O4S/c1-14-8-10-17(12-20(14)24)25-31(29,30)21-11-16(9-7-15(21)2)13-26-22(27)18-5-3-4-6-19(18)23(26)28/h7-12,18-19,25H,3-6,13H2,1-2H3/t18-,19-/m0/s1. The molecule has 1 aliphatic heterocycles. The van der Waals surface area contributed by atoms with Crippen LogP contribution in [0.3, 0.4) is 0 Å². The first kappa shape index (κ1) is 21.8. The van der Waals surface area contributed by atoms with Crippen LogP contribution in [0.15, 0.2) is 41.3 Å². The third-order valence-electron chi connectivity index (χ3n) is 6.24. The number of fused-ring (bicyclic) bond motifs is 1. The van der Waals surface area contributed by atoms with Crippen LogP contribution < -0.4 is 4.72 Å². The molecule has 1 N–H and O–H groups in total. The van der Waals surface area contributed by atoms with Gasteiger partial charge in [-0.3, -0.25) is 19.2 Å². The van der Waals surface area contributed by atoms with Crippen LogP contribution in [0, 0.1) is 25.7 Å². The Hall–Kier alpha value is -2.38. The van der Waals surface area contributed by atoms with Crippen molar-refractivity contribution >= 4 is 39.1 Å². The Bertz CT molecular complexity index is 1140. The number of carbonyl (C=O) groups excluding carboxylic acids is 2. The van der Waals surface area contributed by atoms with Crippen molar-refractivity contribution in [2.24, 2.45) is 11.8 Å². The number of anilines is 1. The van der Waals surface area contributed by atoms with Gasteiger partial charge in [0, 0.05) is 5.02 Å². The van der Waals surface area contributed by atoms with E-state index in [2.05, 4.69) is 4.72 Å². The van der Waals surface area contributed by atoms with Gasteiger partial charge in [-0.2, -0.15) is 0 Å². The fraction of sp³-hybridized carbons (Fsp3) is 0.391. The summed E-state index contributed by atoms with van der Waals surface area (Å²) in [6, 6.07) is 9.96. The summed E-state index contributed by atoms with van der Waals surface area (Å²) < 4.78 is 28.6. The molecule has 2 aromatic carbocycles. The lowest BCUT2D eigenvalue weighted by Crippen LogP contribution is -2.30. The molecule has 0 unspecified atom stereocenters. The predicted octanol–water partition coefficient (Wildman–Crippen LogP) is 4.43. The summed E-state index contributed by atoms with van der Waals surface area (Å²) in [7, 11) is -3.87. The van der Waals surface area contributed by atoms with Crippen LogP contribution in [0.2, 0.25) is 5.02 Å². The minimum atomic E-state index is -3.87. The van der Waals surface area contributed by atoms with E-state index in [1.807, 2.05) is 6.92 Å². The molecule has 0 bridgehead atoms. The summed E-state index contributed by atoms with van der Waals surface area (Å²) in [5.74, 6) is -0.704. The minimum Gasteiger partial charge on any atom is -0.280 e. The molecule has 2 aliphatic rings. The second kappa shape index (κ2) is 8.28. The molecule has 31 heavy (non-hydrogen) atoms. The molecule has 2 aromatic rings. The zero-order chi connectivity index (χ0) is 22.3. The van der Waals surface area contributed by atoms with Crippen molar-refractivity contribution in [3.63, 3.8) is 0 Å². The second-order valence-corrected chi connectivity index (χ2v) is 10.5. The highest BCUT2D eigenvalue weighted by Gasteiger charge is 2.47. The van der Waals surface area contributed by atoms with Crippen molar-refractivity contribution in [3.8, 4) is 0 Å². The van der Waals surface area contributed by atoms with Gasteiger partial charge in [0.15, 0.2) is 0 Å². The summed E-state index contributed by atoms with van der Waals surface area (Å²) in [4.78, 5) is 26.9. The zero-order valence-electron chi connectivity index (χ0n) is 17.5. The number of rotatable bonds is 5. The van der Waals surface area contributed by atoms with Crippen LogP contribution in [0.5, 0.6) is 0 Å². The number of nitrogens with zero attached hydrogens (tertiary/aromatic N) is 1. The largest absolute Gasteiger partial charge is 0.280 e. The maximum atomic E-state index is 13.0. The van der Waals surface area contributed by atoms with E-state index in [4.69, 9.17) is 11.6 Å². The molecule has 0 aromatic heterocycles. The van der Waals surface area contributed by atoms with E-state index in [1.165, 1.54) is 11.0 Å². The Kier molecular flexibility index (Phi) is 5.83. The highest BCUT2D eigenvalue weighted by molar-refractivity contribution is 7.92. The van der Waals surface area contributed by atoms with Gasteiger partial charge in [0.1, 0.15) is 0 Å². The zero-order valence-corrected chi connectivity index (χ0v) is 19.1. The minimum absolute atomic E-state index is 0.0871. The summed E-state index contributed by atoms with van der Waals surface area (Å²) in [6.07, 6.45) is 3.44. The summed E-state index contributed by atoms with van der Waals surface area (Å²) in [6.45, 7) is 3.64. The number of imide groups is 1. The van der Waals surface area contributed by atoms with Gasteiger partial charge >= 0.3 is 0 Å². The van der Waals surface area contributed by atoms with Crippen LogP contribution in [-0.4, -0.2) is 25.1 Å². The van der Waals surface area contributed by atoms with Gasteiger partial charge in [-0.05, 0) is 61.6 Å². The molecule has 2 fully saturated rings. The fourth-order valence-electron chi connectivity index (χ4n) is 4.47. The topological polar surface area (TPSA) is 83.6 Å². The number of benzene rings is 2. The lowest BCUT2D eigenvalue weighted by molar-refractivity contribution is -0.140. The number of aryl methyl sites for hydroxylation is 2. The molecule has 1 saturated carbocycles. The van der Waals surface area contributed by atoms with Crippen LogP contribution in [0.1, 0.15) is 42.4 Å². The Balaban J connectivity index is 1.59. The first-order valence-electron chi connectivity index (χ1n) is 10.4. The monoisotopic (exact) mass is 460 g/mol. The Morgan fingerprint density at radius 1 is 0.968 bits per heavy atom. The van der Waals surface area contributed by atoms with Crippen molar-refractivity contribution in [1.29, 1.82) is 0 Å². The van der Waals surface area contributed by atoms with Crippen LogP contribution in [-0.2, 0) is 26.2 Å². The van der Waals surface area contributed by atoms with E-state index >= 15 is 0 Å². The van der Waals surface area contributed by atoms with Crippen molar-refractivity contribution in [2.45, 2.75) is 51.0 Å². The first-order chi connectivity index (χ1) is 14.7. The molecule has 1 saturated heterocycles. The van der Waals surface area contributed by atoms with E-state index in [-0.39, 0.29) is 35.1 Å². The van der Waals surface area contributed by atoms with Crippen molar-refractivity contribution < 1.29 is 18.0 Å². The third kappa shape index (κ3) is 4.21. The molecule has 0 radical (unpaired) electrons. The number of hydrogen-bond donors (Lipinski definition) is 1. The first-order valence-corrected chi connectivity index (χ1v) is 12.3. The fourth-order valence-corrected chi connectivity index (χ4v) is 5.99. The number of sulfonamides is 1. The maximum Gasteiger partial charge on any atom is 0.262 e. The average Bonchev–Trinajstić information content (AvgIpc) is 2.97. The van der Waals surface area contributed by atoms with E-state index in [1.54, 1.807) is 37.3 Å². The average molecular weight is 461 g/mol. The normalized spacial score (nSPS) is 21.3. The van der Waals surface area contributed by atoms with Gasteiger partial charge in [-0.1, -0.05) is 42.6 Å². The number of halogens is 1. The maximum absolute atomic E-state index is 13.0. The number of nitrogens with one attached hydrogen (secondary N) is 1. The molecule has 4 rings (SSSR count). The number of carbonyl (C=O) groups is 2. The third-order valence-corrected chi connectivity index (χ3v) is 8.17. The van der Waals surface area contributed by atoms with Gasteiger partial charge in [-0.15, -0.1) is 0 Å². The smallest absolute Gasteiger partial charge is 0.262 e. The van der Waals surface area contributed by atoms with Gasteiger partial charge in [0.2, 0.25) is 11.8 Å². The van der Waals surface area contributed by atoms with Gasteiger partial charge in [0.05, 0.1) is 29.0 Å². The summed E-state index contributed by atoms with van der Waals surface area (Å²) in [5.41, 5.74) is 2.40. The molecule has 2 amide bonds. The summed E-state index contributed by atoms with van der Waals surface area (Å²) in [5, 5.41) is 0.471. The van der Waals surface area contributed by atoms with E-state index in [0.29, 0.717) is 21.8 Å². The molecule has 1 aliphatic carbocycles. The second-order valence-electron chi connectivity index (χ2n) is 8.43. The molecule has 164 valence electrons. The highest BCUT2D eigenvalue weighted by atomic mass is 35.5. The molecule has 2 atom stereocenters. The van der Waals surface area contributed by atoms with Gasteiger partial charge in [0.25, 0.3) is 10.0 Å². The number of amides is 2.